The van der Waals surface area contributed by atoms with Gasteiger partial charge in [0.1, 0.15) is 0 Å². The molecule has 0 N–H and O–H groups in total. The van der Waals surface area contributed by atoms with Crippen molar-refractivity contribution in [2.24, 2.45) is 0 Å². The predicted octanol–water partition coefficient (Wildman–Crippen LogP) is 2.18. The zero-order chi connectivity index (χ0) is 16.8. The normalized spacial score (nSPS) is 15.8. The lowest BCUT2D eigenvalue weighted by Crippen LogP contribution is -2.37. The molecule has 0 unspecified atom stereocenters. The van der Waals surface area contributed by atoms with E-state index in [1.54, 1.807) is 4.90 Å². The number of likely N-dealkylation sites (tertiary alicyclic amines) is 1. The Kier molecular flexibility index (Phi) is 6.13. The summed E-state index contributed by atoms with van der Waals surface area (Å²) in [6, 6.07) is 4.15. The molecule has 1 aliphatic rings. The fourth-order valence-electron chi connectivity index (χ4n) is 2.93. The van der Waals surface area contributed by atoms with Crippen LogP contribution in [-0.4, -0.2) is 52.8 Å². The molecular weight excluding hydrogens is 290 g/mol. The Morgan fingerprint density at radius 3 is 2.91 bits per heavy atom. The first kappa shape index (κ1) is 17.4. The number of aryl methyl sites for hydroxylation is 1. The first-order chi connectivity index (χ1) is 11.0. The SMILES string of the molecule is Cc1ccnc(C[C@H](C)N(C)C(=O)CCCN2CCCC2=O)c1. The van der Waals surface area contributed by atoms with Gasteiger partial charge in [-0.25, -0.2) is 0 Å². The quantitative estimate of drug-likeness (QED) is 0.774. The smallest absolute Gasteiger partial charge is 0.222 e. The number of carbonyl (C=O) groups excluding carboxylic acids is 2. The van der Waals surface area contributed by atoms with Crippen LogP contribution < -0.4 is 0 Å². The minimum absolute atomic E-state index is 0.116. The molecule has 0 saturated carbocycles. The van der Waals surface area contributed by atoms with E-state index in [0.717, 1.165) is 31.5 Å². The minimum Gasteiger partial charge on any atom is -0.343 e. The van der Waals surface area contributed by atoms with Crippen LogP contribution in [0.4, 0.5) is 0 Å². The topological polar surface area (TPSA) is 53.5 Å². The van der Waals surface area contributed by atoms with Gasteiger partial charge >= 0.3 is 0 Å². The molecule has 2 amide bonds. The van der Waals surface area contributed by atoms with E-state index < -0.39 is 0 Å². The van der Waals surface area contributed by atoms with Crippen LogP contribution >= 0.6 is 0 Å². The van der Waals surface area contributed by atoms with E-state index in [1.807, 2.05) is 38.1 Å². The largest absolute Gasteiger partial charge is 0.343 e. The van der Waals surface area contributed by atoms with Crippen LogP contribution in [-0.2, 0) is 16.0 Å². The highest BCUT2D eigenvalue weighted by Crippen LogP contribution is 2.12. The van der Waals surface area contributed by atoms with Gasteiger partial charge in [-0.2, -0.15) is 0 Å². The van der Waals surface area contributed by atoms with Crippen molar-refractivity contribution in [3.8, 4) is 0 Å². The van der Waals surface area contributed by atoms with Gasteiger partial charge in [0, 0.05) is 57.3 Å². The summed E-state index contributed by atoms with van der Waals surface area (Å²) in [6.45, 7) is 5.64. The highest BCUT2D eigenvalue weighted by atomic mass is 16.2. The second kappa shape index (κ2) is 8.09. The summed E-state index contributed by atoms with van der Waals surface area (Å²) in [5.41, 5.74) is 2.20. The number of amides is 2. The van der Waals surface area contributed by atoms with E-state index in [0.29, 0.717) is 19.4 Å². The molecule has 1 aromatic rings. The number of carbonyl (C=O) groups is 2. The van der Waals surface area contributed by atoms with Crippen LogP contribution in [0.2, 0.25) is 0 Å². The Morgan fingerprint density at radius 1 is 1.48 bits per heavy atom. The van der Waals surface area contributed by atoms with E-state index in [-0.39, 0.29) is 17.9 Å². The molecule has 1 atom stereocenters. The molecule has 2 heterocycles. The monoisotopic (exact) mass is 317 g/mol. The maximum absolute atomic E-state index is 12.3. The summed E-state index contributed by atoms with van der Waals surface area (Å²) in [5.74, 6) is 0.362. The van der Waals surface area contributed by atoms with Gasteiger partial charge in [0.05, 0.1) is 0 Å². The van der Waals surface area contributed by atoms with Gasteiger partial charge in [-0.15, -0.1) is 0 Å². The molecule has 0 spiro atoms. The molecule has 0 bridgehead atoms. The third-order valence-corrected chi connectivity index (χ3v) is 4.52. The van der Waals surface area contributed by atoms with E-state index in [4.69, 9.17) is 0 Å². The highest BCUT2D eigenvalue weighted by molar-refractivity contribution is 5.78. The Bertz CT molecular complexity index is 559. The first-order valence-corrected chi connectivity index (χ1v) is 8.42. The van der Waals surface area contributed by atoms with E-state index in [2.05, 4.69) is 11.1 Å². The summed E-state index contributed by atoms with van der Waals surface area (Å²) >= 11 is 0. The third-order valence-electron chi connectivity index (χ3n) is 4.52. The Morgan fingerprint density at radius 2 is 2.26 bits per heavy atom. The predicted molar refractivity (Wildman–Crippen MR) is 90.0 cm³/mol. The zero-order valence-corrected chi connectivity index (χ0v) is 14.4. The molecule has 5 nitrogen and oxygen atoms in total. The second-order valence-corrected chi connectivity index (χ2v) is 6.47. The molecule has 1 saturated heterocycles. The highest BCUT2D eigenvalue weighted by Gasteiger charge is 2.21. The molecule has 5 heteroatoms. The van der Waals surface area contributed by atoms with Crippen LogP contribution in [0.15, 0.2) is 18.3 Å². The molecule has 1 fully saturated rings. The second-order valence-electron chi connectivity index (χ2n) is 6.47. The van der Waals surface area contributed by atoms with Crippen LogP contribution in [0, 0.1) is 6.92 Å². The van der Waals surface area contributed by atoms with Gasteiger partial charge in [-0.3, -0.25) is 14.6 Å². The summed E-state index contributed by atoms with van der Waals surface area (Å²) in [7, 11) is 1.85. The van der Waals surface area contributed by atoms with Gasteiger partial charge < -0.3 is 9.80 Å². The maximum Gasteiger partial charge on any atom is 0.222 e. The Hall–Kier alpha value is -1.91. The summed E-state index contributed by atoms with van der Waals surface area (Å²) in [5, 5.41) is 0. The van der Waals surface area contributed by atoms with Crippen molar-refractivity contribution in [3.05, 3.63) is 29.6 Å². The van der Waals surface area contributed by atoms with Crippen molar-refractivity contribution < 1.29 is 9.59 Å². The van der Waals surface area contributed by atoms with Gasteiger partial charge in [0.2, 0.25) is 11.8 Å². The number of nitrogens with zero attached hydrogens (tertiary/aromatic N) is 3. The molecular formula is C18H27N3O2. The Balaban J connectivity index is 1.75. The van der Waals surface area contributed by atoms with Crippen LogP contribution in [0.5, 0.6) is 0 Å². The van der Waals surface area contributed by atoms with Crippen molar-refractivity contribution in [2.75, 3.05) is 20.1 Å². The van der Waals surface area contributed by atoms with Crippen molar-refractivity contribution in [3.63, 3.8) is 0 Å². The number of pyridine rings is 1. The fourth-order valence-corrected chi connectivity index (χ4v) is 2.93. The maximum atomic E-state index is 12.3. The van der Waals surface area contributed by atoms with E-state index in [9.17, 15) is 9.59 Å². The number of likely N-dealkylation sites (N-methyl/N-ethyl adjacent to an activating group) is 1. The Labute approximate surface area is 138 Å². The summed E-state index contributed by atoms with van der Waals surface area (Å²) in [4.78, 5) is 31.9. The van der Waals surface area contributed by atoms with Crippen molar-refractivity contribution in [1.82, 2.24) is 14.8 Å². The average Bonchev–Trinajstić information content (AvgIpc) is 2.91. The third kappa shape index (κ3) is 5.05. The summed E-state index contributed by atoms with van der Waals surface area (Å²) < 4.78 is 0. The molecule has 23 heavy (non-hydrogen) atoms. The lowest BCUT2D eigenvalue weighted by atomic mass is 10.1. The van der Waals surface area contributed by atoms with Crippen molar-refractivity contribution in [2.45, 2.75) is 52.0 Å². The molecule has 2 rings (SSSR count). The molecule has 0 aliphatic carbocycles. The fraction of sp³-hybridized carbons (Fsp3) is 0.611. The number of hydrogen-bond donors (Lipinski definition) is 0. The van der Waals surface area contributed by atoms with Gasteiger partial charge in [-0.1, -0.05) is 0 Å². The molecule has 1 aromatic heterocycles. The van der Waals surface area contributed by atoms with Gasteiger partial charge in [0.15, 0.2) is 0 Å². The van der Waals surface area contributed by atoms with E-state index in [1.165, 1.54) is 5.56 Å². The zero-order valence-electron chi connectivity index (χ0n) is 14.4. The first-order valence-electron chi connectivity index (χ1n) is 8.42. The molecule has 0 radical (unpaired) electrons. The molecule has 1 aliphatic heterocycles. The van der Waals surface area contributed by atoms with Gasteiger partial charge in [0.25, 0.3) is 0 Å². The lowest BCUT2D eigenvalue weighted by Gasteiger charge is -2.25. The van der Waals surface area contributed by atoms with Gasteiger partial charge in [-0.05, 0) is 44.4 Å². The van der Waals surface area contributed by atoms with Crippen LogP contribution in [0.3, 0.4) is 0 Å². The number of rotatable bonds is 7. The van der Waals surface area contributed by atoms with Crippen LogP contribution in [0.1, 0.15) is 43.9 Å². The number of hydrogen-bond acceptors (Lipinski definition) is 3. The van der Waals surface area contributed by atoms with E-state index >= 15 is 0 Å². The van der Waals surface area contributed by atoms with Crippen molar-refractivity contribution >= 4 is 11.8 Å². The summed E-state index contributed by atoms with van der Waals surface area (Å²) in [6.07, 6.45) is 5.42. The molecule has 126 valence electrons. The molecule has 0 aromatic carbocycles. The minimum atomic E-state index is 0.116. The lowest BCUT2D eigenvalue weighted by molar-refractivity contribution is -0.133. The van der Waals surface area contributed by atoms with Crippen LogP contribution in [0.25, 0.3) is 0 Å². The number of aromatic nitrogens is 1. The standard InChI is InChI=1S/C18H27N3O2/c1-14-8-9-19-16(12-14)13-15(2)20(3)17(22)6-4-10-21-11-5-7-18(21)23/h8-9,12,15H,4-7,10-11,13H2,1-3H3/t15-/m0/s1. The average molecular weight is 317 g/mol. The van der Waals surface area contributed by atoms with Crippen molar-refractivity contribution in [1.29, 1.82) is 0 Å².